The first-order chi connectivity index (χ1) is 15.1. The fraction of sp³-hybridized carbons (Fsp3) is 0.250. The molecule has 31 heavy (non-hydrogen) atoms. The Hall–Kier alpha value is -3.33. The summed E-state index contributed by atoms with van der Waals surface area (Å²) in [7, 11) is 0. The number of carbonyl (C=O) groups excluding carboxylic acids is 1. The van der Waals surface area contributed by atoms with Crippen LogP contribution in [0.1, 0.15) is 36.0 Å². The molecule has 0 heterocycles. The van der Waals surface area contributed by atoms with Crippen LogP contribution in [-0.4, -0.2) is 12.6 Å². The molecule has 3 aromatic rings. The highest BCUT2D eigenvalue weighted by atomic mass is 16.5. The fourth-order valence-corrected chi connectivity index (χ4v) is 3.53. The summed E-state index contributed by atoms with van der Waals surface area (Å²) in [4.78, 5) is 13.4. The fourth-order valence-electron chi connectivity index (χ4n) is 3.53. The van der Waals surface area contributed by atoms with Crippen molar-refractivity contribution in [1.29, 1.82) is 0 Å². The monoisotopic (exact) mass is 413 g/mol. The molecule has 3 nitrogen and oxygen atoms in total. The zero-order valence-corrected chi connectivity index (χ0v) is 18.5. The average Bonchev–Trinajstić information content (AvgIpc) is 2.79. The van der Waals surface area contributed by atoms with Crippen LogP contribution in [0.15, 0.2) is 85.5 Å². The maximum Gasteiger partial charge on any atom is 0.330 e. The largest absolute Gasteiger partial charge is 0.463 e. The van der Waals surface area contributed by atoms with E-state index in [2.05, 4.69) is 98.1 Å². The first kappa shape index (κ1) is 22.4. The van der Waals surface area contributed by atoms with Crippen molar-refractivity contribution in [2.45, 2.75) is 39.5 Å². The molecule has 0 aliphatic rings. The number of benzene rings is 3. The summed E-state index contributed by atoms with van der Waals surface area (Å²) in [6.07, 6.45) is 5.16. The Labute approximate surface area is 186 Å². The number of carbonyl (C=O) groups is 1. The molecule has 3 aromatic carbocycles. The second-order valence-electron chi connectivity index (χ2n) is 7.86. The molecule has 0 saturated carbocycles. The van der Waals surface area contributed by atoms with Gasteiger partial charge in [-0.2, -0.15) is 0 Å². The topological polar surface area (TPSA) is 29.5 Å². The average molecular weight is 414 g/mol. The molecular formula is C28H31NO2. The van der Waals surface area contributed by atoms with E-state index >= 15 is 0 Å². The summed E-state index contributed by atoms with van der Waals surface area (Å²) in [5, 5.41) is 0. The van der Waals surface area contributed by atoms with Gasteiger partial charge in [-0.3, -0.25) is 0 Å². The number of hydrogen-bond acceptors (Lipinski definition) is 3. The first-order valence-electron chi connectivity index (χ1n) is 10.9. The summed E-state index contributed by atoms with van der Waals surface area (Å²) < 4.78 is 5.05. The van der Waals surface area contributed by atoms with Gasteiger partial charge in [0, 0.05) is 23.1 Å². The van der Waals surface area contributed by atoms with Crippen LogP contribution in [0.25, 0.3) is 0 Å². The van der Waals surface area contributed by atoms with Crippen molar-refractivity contribution < 1.29 is 9.53 Å². The van der Waals surface area contributed by atoms with Crippen molar-refractivity contribution in [3.8, 4) is 0 Å². The predicted molar refractivity (Wildman–Crippen MR) is 129 cm³/mol. The van der Waals surface area contributed by atoms with E-state index in [0.717, 1.165) is 42.7 Å². The molecule has 0 spiro atoms. The predicted octanol–water partition coefficient (Wildman–Crippen LogP) is 7.22. The molecule has 0 unspecified atom stereocenters. The molecule has 160 valence electrons. The lowest BCUT2D eigenvalue weighted by Gasteiger charge is -2.26. The van der Waals surface area contributed by atoms with E-state index in [-0.39, 0.29) is 5.97 Å². The van der Waals surface area contributed by atoms with Crippen molar-refractivity contribution in [1.82, 2.24) is 0 Å². The number of nitrogens with zero attached hydrogens (tertiary/aromatic N) is 1. The van der Waals surface area contributed by atoms with Crippen molar-refractivity contribution in [3.63, 3.8) is 0 Å². The molecule has 0 fully saturated rings. The highest BCUT2D eigenvalue weighted by Crippen LogP contribution is 2.35. The Bertz CT molecular complexity index is 945. The Morgan fingerprint density at radius 2 is 1.45 bits per heavy atom. The molecule has 0 N–H and O–H groups in total. The van der Waals surface area contributed by atoms with E-state index in [1.807, 2.05) is 0 Å². The first-order valence-corrected chi connectivity index (χ1v) is 10.9. The number of hydrogen-bond donors (Lipinski definition) is 0. The summed E-state index contributed by atoms with van der Waals surface area (Å²) >= 11 is 0. The Balaban J connectivity index is 1.73. The summed E-state index contributed by atoms with van der Waals surface area (Å²) in [5.41, 5.74) is 7.27. The van der Waals surface area contributed by atoms with Gasteiger partial charge in [0.15, 0.2) is 0 Å². The van der Waals surface area contributed by atoms with Gasteiger partial charge in [-0.05, 0) is 81.5 Å². The zero-order chi connectivity index (χ0) is 22.1. The minimum Gasteiger partial charge on any atom is -0.463 e. The normalized spacial score (nSPS) is 10.5. The summed E-state index contributed by atoms with van der Waals surface area (Å²) in [5.74, 6) is -0.347. The zero-order valence-electron chi connectivity index (χ0n) is 18.5. The number of aryl methyl sites for hydroxylation is 3. The lowest BCUT2D eigenvalue weighted by atomic mass is 10.1. The highest BCUT2D eigenvalue weighted by Gasteiger charge is 2.12. The van der Waals surface area contributed by atoms with E-state index in [1.165, 1.54) is 22.8 Å². The third-order valence-corrected chi connectivity index (χ3v) is 5.27. The molecule has 0 radical (unpaired) electrons. The summed E-state index contributed by atoms with van der Waals surface area (Å²) in [6, 6.07) is 26.1. The lowest BCUT2D eigenvalue weighted by Crippen LogP contribution is -2.10. The Morgan fingerprint density at radius 1 is 0.839 bits per heavy atom. The second-order valence-corrected chi connectivity index (χ2v) is 7.86. The number of ether oxygens (including phenoxy) is 1. The third-order valence-electron chi connectivity index (χ3n) is 5.27. The van der Waals surface area contributed by atoms with Gasteiger partial charge in [0.2, 0.25) is 0 Å². The van der Waals surface area contributed by atoms with Gasteiger partial charge in [-0.15, -0.1) is 0 Å². The Kier molecular flexibility index (Phi) is 8.05. The smallest absolute Gasteiger partial charge is 0.330 e. The molecular weight excluding hydrogens is 382 g/mol. The Morgan fingerprint density at radius 3 is 2.03 bits per heavy atom. The van der Waals surface area contributed by atoms with Gasteiger partial charge in [0.05, 0.1) is 6.61 Å². The van der Waals surface area contributed by atoms with Crippen LogP contribution in [0, 0.1) is 13.8 Å². The standard InChI is InChI=1S/C28H31NO2/c1-4-28(30)31-20-7-5-6-9-24-10-8-11-27(21-24)29(25-16-12-22(2)13-17-25)26-18-14-23(3)15-19-26/h4,8,10-19,21H,1,5-7,9,20H2,2-3H3. The number of esters is 1. The van der Waals surface area contributed by atoms with E-state index in [1.54, 1.807) is 0 Å². The number of unbranched alkanes of at least 4 members (excludes halogenated alkanes) is 2. The third kappa shape index (κ3) is 6.58. The quantitative estimate of drug-likeness (QED) is 0.200. The minimum absolute atomic E-state index is 0.347. The number of anilines is 3. The molecule has 0 aliphatic heterocycles. The van der Waals surface area contributed by atoms with Crippen LogP contribution >= 0.6 is 0 Å². The minimum atomic E-state index is -0.347. The van der Waals surface area contributed by atoms with E-state index in [4.69, 9.17) is 4.74 Å². The lowest BCUT2D eigenvalue weighted by molar-refractivity contribution is -0.137. The molecule has 0 saturated heterocycles. The van der Waals surface area contributed by atoms with Crippen LogP contribution in [0.2, 0.25) is 0 Å². The molecule has 3 rings (SSSR count). The SMILES string of the molecule is C=CC(=O)OCCCCCc1cccc(N(c2ccc(C)cc2)c2ccc(C)cc2)c1. The number of rotatable bonds is 10. The van der Waals surface area contributed by atoms with Gasteiger partial charge < -0.3 is 9.64 Å². The molecule has 3 heteroatoms. The van der Waals surface area contributed by atoms with Crippen molar-refractivity contribution in [3.05, 3.63) is 102 Å². The van der Waals surface area contributed by atoms with Crippen molar-refractivity contribution in [2.75, 3.05) is 11.5 Å². The maximum atomic E-state index is 11.1. The van der Waals surface area contributed by atoms with Gasteiger partial charge in [0.25, 0.3) is 0 Å². The van der Waals surface area contributed by atoms with Crippen LogP contribution in [-0.2, 0) is 16.0 Å². The molecule has 0 atom stereocenters. The molecule has 0 aliphatic carbocycles. The molecule has 0 amide bonds. The van der Waals surface area contributed by atoms with Gasteiger partial charge in [-0.25, -0.2) is 4.79 Å². The van der Waals surface area contributed by atoms with E-state index in [0.29, 0.717) is 6.61 Å². The van der Waals surface area contributed by atoms with Gasteiger partial charge in [-0.1, -0.05) is 54.1 Å². The molecule has 0 aromatic heterocycles. The van der Waals surface area contributed by atoms with Gasteiger partial charge in [0.1, 0.15) is 0 Å². The van der Waals surface area contributed by atoms with E-state index < -0.39 is 0 Å². The molecule has 0 bridgehead atoms. The van der Waals surface area contributed by atoms with Crippen LogP contribution in [0.5, 0.6) is 0 Å². The van der Waals surface area contributed by atoms with Crippen molar-refractivity contribution >= 4 is 23.0 Å². The van der Waals surface area contributed by atoms with Crippen molar-refractivity contribution in [2.24, 2.45) is 0 Å². The van der Waals surface area contributed by atoms with Crippen LogP contribution in [0.3, 0.4) is 0 Å². The van der Waals surface area contributed by atoms with Crippen LogP contribution in [0.4, 0.5) is 17.1 Å². The summed E-state index contributed by atoms with van der Waals surface area (Å²) in [6.45, 7) is 8.09. The van der Waals surface area contributed by atoms with Crippen LogP contribution < -0.4 is 4.90 Å². The van der Waals surface area contributed by atoms with E-state index in [9.17, 15) is 4.79 Å². The maximum absolute atomic E-state index is 11.1. The highest BCUT2D eigenvalue weighted by molar-refractivity contribution is 5.81. The van der Waals surface area contributed by atoms with Gasteiger partial charge >= 0.3 is 5.97 Å². The second kappa shape index (κ2) is 11.2.